The van der Waals surface area contributed by atoms with Gasteiger partial charge in [-0.05, 0) is 43.0 Å². The molecule has 1 saturated heterocycles. The third kappa shape index (κ3) is 5.20. The van der Waals surface area contributed by atoms with Gasteiger partial charge in [0.2, 0.25) is 11.8 Å². The number of aromatic nitrogens is 1. The van der Waals surface area contributed by atoms with Crippen LogP contribution >= 0.6 is 11.6 Å². The van der Waals surface area contributed by atoms with Gasteiger partial charge in [-0.2, -0.15) is 0 Å². The van der Waals surface area contributed by atoms with Crippen LogP contribution in [0.1, 0.15) is 24.8 Å². The average Bonchev–Trinajstić information content (AvgIpc) is 2.69. The van der Waals surface area contributed by atoms with Crippen LogP contribution in [-0.2, 0) is 16.0 Å². The first-order chi connectivity index (χ1) is 13.0. The number of nitrogens with zero attached hydrogens (tertiary/aromatic N) is 2. The Labute approximate surface area is 163 Å². The maximum Gasteiger partial charge on any atom is 0.230 e. The second-order valence-electron chi connectivity index (χ2n) is 6.73. The quantitative estimate of drug-likeness (QED) is 0.772. The zero-order chi connectivity index (χ0) is 19.2. The van der Waals surface area contributed by atoms with Gasteiger partial charge in [-0.1, -0.05) is 29.8 Å². The summed E-state index contributed by atoms with van der Waals surface area (Å²) < 4.78 is 0. The molecule has 1 aliphatic rings. The van der Waals surface area contributed by atoms with E-state index in [-0.39, 0.29) is 17.7 Å². The molecule has 1 aromatic carbocycles. The number of nitrogens with one attached hydrogen (secondary N) is 1. The van der Waals surface area contributed by atoms with Crippen LogP contribution in [-0.4, -0.2) is 34.8 Å². The fourth-order valence-electron chi connectivity index (χ4n) is 3.26. The molecule has 27 heavy (non-hydrogen) atoms. The van der Waals surface area contributed by atoms with Gasteiger partial charge in [0.25, 0.3) is 0 Å². The average molecular weight is 387 g/mol. The van der Waals surface area contributed by atoms with E-state index in [4.69, 9.17) is 17.3 Å². The summed E-state index contributed by atoms with van der Waals surface area (Å²) in [5.41, 5.74) is 7.62. The number of piperidine rings is 1. The summed E-state index contributed by atoms with van der Waals surface area (Å²) in [6.07, 6.45) is 4.05. The van der Waals surface area contributed by atoms with Crippen LogP contribution in [0.5, 0.6) is 0 Å². The van der Waals surface area contributed by atoms with Gasteiger partial charge < -0.3 is 16.0 Å². The lowest BCUT2D eigenvalue weighted by molar-refractivity contribution is -0.134. The van der Waals surface area contributed by atoms with Gasteiger partial charge >= 0.3 is 0 Å². The second kappa shape index (κ2) is 8.86. The number of hydrogen-bond acceptors (Lipinski definition) is 4. The van der Waals surface area contributed by atoms with Crippen LogP contribution in [0, 0.1) is 5.92 Å². The Bertz CT molecular complexity index is 810. The predicted molar refractivity (Wildman–Crippen MR) is 106 cm³/mol. The van der Waals surface area contributed by atoms with Crippen molar-refractivity contribution in [2.45, 2.75) is 25.7 Å². The zero-order valence-corrected chi connectivity index (χ0v) is 15.8. The summed E-state index contributed by atoms with van der Waals surface area (Å²) in [5.74, 6) is 0.171. The van der Waals surface area contributed by atoms with E-state index in [0.717, 1.165) is 18.4 Å². The van der Waals surface area contributed by atoms with Crippen molar-refractivity contribution in [2.75, 3.05) is 24.1 Å². The standard InChI is InChI=1S/C20H23ClN4O2/c21-16-8-9-18(23-12-16)24-20(27)15-5-3-11-25(13-15)19(26)10-7-14-4-1-2-6-17(14)22/h1-2,4,6,8-9,12,15H,3,5,7,10-11,13,22H2,(H,23,24,27). The second-order valence-corrected chi connectivity index (χ2v) is 7.17. The zero-order valence-electron chi connectivity index (χ0n) is 15.0. The number of amides is 2. The number of rotatable bonds is 5. The molecule has 1 fully saturated rings. The van der Waals surface area contributed by atoms with Crippen LogP contribution in [0.15, 0.2) is 42.6 Å². The van der Waals surface area contributed by atoms with Crippen molar-refractivity contribution in [3.8, 4) is 0 Å². The van der Waals surface area contributed by atoms with Crippen molar-refractivity contribution >= 4 is 34.9 Å². The molecular weight excluding hydrogens is 364 g/mol. The van der Waals surface area contributed by atoms with Gasteiger partial charge in [-0.25, -0.2) is 4.98 Å². The van der Waals surface area contributed by atoms with Gasteiger partial charge in [-0.3, -0.25) is 9.59 Å². The summed E-state index contributed by atoms with van der Waals surface area (Å²) in [7, 11) is 0. The Morgan fingerprint density at radius 1 is 1.26 bits per heavy atom. The molecule has 142 valence electrons. The highest BCUT2D eigenvalue weighted by Gasteiger charge is 2.28. The largest absolute Gasteiger partial charge is 0.399 e. The van der Waals surface area contributed by atoms with Crippen molar-refractivity contribution < 1.29 is 9.59 Å². The van der Waals surface area contributed by atoms with Crippen molar-refractivity contribution in [3.05, 3.63) is 53.2 Å². The highest BCUT2D eigenvalue weighted by molar-refractivity contribution is 6.30. The lowest BCUT2D eigenvalue weighted by Crippen LogP contribution is -2.43. The van der Waals surface area contributed by atoms with Crippen LogP contribution in [0.4, 0.5) is 11.5 Å². The Morgan fingerprint density at radius 3 is 2.81 bits per heavy atom. The fourth-order valence-corrected chi connectivity index (χ4v) is 3.37. The van der Waals surface area contributed by atoms with Gasteiger partial charge in [0.05, 0.1) is 10.9 Å². The van der Waals surface area contributed by atoms with Crippen LogP contribution < -0.4 is 11.1 Å². The molecule has 6 nitrogen and oxygen atoms in total. The maximum atomic E-state index is 12.6. The first-order valence-electron chi connectivity index (χ1n) is 9.06. The van der Waals surface area contributed by atoms with E-state index in [1.165, 1.54) is 6.20 Å². The minimum atomic E-state index is -0.234. The van der Waals surface area contributed by atoms with Gasteiger partial charge in [0, 0.05) is 31.4 Å². The fraction of sp³-hybridized carbons (Fsp3) is 0.350. The lowest BCUT2D eigenvalue weighted by Gasteiger charge is -2.32. The summed E-state index contributed by atoms with van der Waals surface area (Å²) >= 11 is 5.81. The summed E-state index contributed by atoms with van der Waals surface area (Å²) in [5, 5.41) is 3.32. The number of aryl methyl sites for hydroxylation is 1. The molecule has 0 saturated carbocycles. The lowest BCUT2D eigenvalue weighted by atomic mass is 9.96. The molecule has 1 aromatic heterocycles. The van der Waals surface area contributed by atoms with Crippen LogP contribution in [0.3, 0.4) is 0 Å². The molecule has 0 radical (unpaired) electrons. The molecular formula is C20H23ClN4O2. The molecule has 0 aliphatic carbocycles. The van der Waals surface area contributed by atoms with E-state index in [2.05, 4.69) is 10.3 Å². The smallest absolute Gasteiger partial charge is 0.230 e. The predicted octanol–water partition coefficient (Wildman–Crippen LogP) is 3.13. The topological polar surface area (TPSA) is 88.3 Å². The van der Waals surface area contributed by atoms with Crippen LogP contribution in [0.25, 0.3) is 0 Å². The van der Waals surface area contributed by atoms with Crippen LogP contribution in [0.2, 0.25) is 5.02 Å². The first kappa shape index (κ1) is 19.2. The maximum absolute atomic E-state index is 12.6. The van der Waals surface area contributed by atoms with Gasteiger partial charge in [-0.15, -0.1) is 0 Å². The summed E-state index contributed by atoms with van der Waals surface area (Å²) in [6.45, 7) is 1.12. The number of carbonyl (C=O) groups is 2. The summed E-state index contributed by atoms with van der Waals surface area (Å²) in [6, 6.07) is 10.9. The number of nitrogen functional groups attached to an aromatic ring is 1. The van der Waals surface area contributed by atoms with Crippen molar-refractivity contribution in [1.29, 1.82) is 0 Å². The van der Waals surface area contributed by atoms with E-state index in [0.29, 0.717) is 42.5 Å². The number of halogens is 1. The van der Waals surface area contributed by atoms with Crippen molar-refractivity contribution in [2.24, 2.45) is 5.92 Å². The van der Waals surface area contributed by atoms with Gasteiger partial charge in [0.15, 0.2) is 0 Å². The Kier molecular flexibility index (Phi) is 6.29. The number of carbonyl (C=O) groups excluding carboxylic acids is 2. The number of benzene rings is 1. The third-order valence-electron chi connectivity index (χ3n) is 4.79. The molecule has 3 N–H and O–H groups in total. The number of likely N-dealkylation sites (tertiary alicyclic amines) is 1. The number of hydrogen-bond donors (Lipinski definition) is 2. The molecule has 1 atom stereocenters. The molecule has 2 heterocycles. The molecule has 3 rings (SSSR count). The van der Waals surface area contributed by atoms with Crippen molar-refractivity contribution in [1.82, 2.24) is 9.88 Å². The minimum Gasteiger partial charge on any atom is -0.399 e. The van der Waals surface area contributed by atoms with E-state index >= 15 is 0 Å². The Hall–Kier alpha value is -2.60. The van der Waals surface area contributed by atoms with E-state index < -0.39 is 0 Å². The van der Waals surface area contributed by atoms with E-state index in [1.807, 2.05) is 24.3 Å². The molecule has 1 unspecified atom stereocenters. The monoisotopic (exact) mass is 386 g/mol. The molecule has 0 bridgehead atoms. The molecule has 2 amide bonds. The van der Waals surface area contributed by atoms with E-state index in [1.54, 1.807) is 17.0 Å². The highest BCUT2D eigenvalue weighted by atomic mass is 35.5. The van der Waals surface area contributed by atoms with Gasteiger partial charge in [0.1, 0.15) is 5.82 Å². The Balaban J connectivity index is 1.53. The first-order valence-corrected chi connectivity index (χ1v) is 9.44. The summed E-state index contributed by atoms with van der Waals surface area (Å²) in [4.78, 5) is 30.9. The Morgan fingerprint density at radius 2 is 2.07 bits per heavy atom. The SMILES string of the molecule is Nc1ccccc1CCC(=O)N1CCCC(C(=O)Nc2ccc(Cl)cn2)C1. The number of anilines is 2. The highest BCUT2D eigenvalue weighted by Crippen LogP contribution is 2.20. The number of nitrogens with two attached hydrogens (primary N) is 1. The minimum absolute atomic E-state index is 0.0559. The normalized spacial score (nSPS) is 16.8. The van der Waals surface area contributed by atoms with E-state index in [9.17, 15) is 9.59 Å². The third-order valence-corrected chi connectivity index (χ3v) is 5.01. The molecule has 2 aromatic rings. The number of pyridine rings is 1. The molecule has 0 spiro atoms. The molecule has 1 aliphatic heterocycles. The number of para-hydroxylation sites is 1. The molecule has 7 heteroatoms. The van der Waals surface area contributed by atoms with Crippen molar-refractivity contribution in [3.63, 3.8) is 0 Å².